The molecule has 0 aromatic carbocycles. The van der Waals surface area contributed by atoms with E-state index in [1.807, 2.05) is 12.2 Å². The third-order valence-corrected chi connectivity index (χ3v) is 10.8. The molecule has 1 atom stereocenters. The number of ether oxygens (including phenoxy) is 2. The molecule has 0 amide bonds. The zero-order valence-corrected chi connectivity index (χ0v) is 43.3. The van der Waals surface area contributed by atoms with Crippen LogP contribution >= 0.6 is 0 Å². The van der Waals surface area contributed by atoms with E-state index in [4.69, 9.17) is 9.47 Å². The molecule has 380 valence electrons. The van der Waals surface area contributed by atoms with Crippen molar-refractivity contribution in [2.24, 2.45) is 0 Å². The highest BCUT2D eigenvalue weighted by Crippen LogP contribution is 2.14. The van der Waals surface area contributed by atoms with Gasteiger partial charge in [-0.05, 0) is 109 Å². The topological polar surface area (TPSA) is 72.8 Å². The molecule has 0 radical (unpaired) electrons. The van der Waals surface area contributed by atoms with Crippen molar-refractivity contribution in [3.8, 4) is 0 Å². The number of aliphatic hydroxyl groups excluding tert-OH is 1. The molecule has 0 rings (SSSR count). The lowest BCUT2D eigenvalue weighted by Gasteiger charge is -2.15. The Balaban J connectivity index is 3.62. The summed E-state index contributed by atoms with van der Waals surface area (Å²) in [4.78, 5) is 24.4. The molecule has 0 bridgehead atoms. The van der Waals surface area contributed by atoms with E-state index >= 15 is 0 Å². The number of rotatable bonds is 47. The van der Waals surface area contributed by atoms with Crippen molar-refractivity contribution < 1.29 is 24.2 Å². The van der Waals surface area contributed by atoms with Crippen LogP contribution in [0.25, 0.3) is 0 Å². The number of aliphatic hydroxyl groups is 1. The molecule has 1 unspecified atom stereocenters. The van der Waals surface area contributed by atoms with Crippen molar-refractivity contribution in [3.63, 3.8) is 0 Å². The zero-order valence-electron chi connectivity index (χ0n) is 43.3. The average Bonchev–Trinajstić information content (AvgIpc) is 3.34. The molecule has 0 saturated carbocycles. The molecule has 1 N–H and O–H groups in total. The standard InChI is InChI=1S/C63H98O5/c1-3-5-7-9-11-13-15-17-19-21-23-24-25-26-27-28-29-30-31-32-33-34-35-36-37-38-40-42-44-46-48-50-52-54-56-58-63(66)68-61(59-64)60-67-62(65)57-55-53-51-49-47-45-43-41-39-22-20-18-16-14-12-10-8-6-4-2/h5-8,11-14,17-20,23-24,26-27,29-30,32-33,39,41,45,47,51,53,61,64H,3-4,9-10,15-16,21-22,25,28,31,34-38,40,42-44,46,48-50,52,54-60H2,1-2H3/b7-5-,8-6-,13-11-,14-12-,19-17-,20-18-,24-23-,27-26-,30-29-,33-32-,41-39-,47-45-,53-51-. The maximum Gasteiger partial charge on any atom is 0.306 e. The molecule has 0 aliphatic heterocycles. The Morgan fingerprint density at radius 3 is 0.941 bits per heavy atom. The van der Waals surface area contributed by atoms with Crippen LogP contribution in [0.5, 0.6) is 0 Å². The molecule has 0 aliphatic carbocycles. The minimum absolute atomic E-state index is 0.116. The first-order chi connectivity index (χ1) is 33.6. The van der Waals surface area contributed by atoms with Crippen molar-refractivity contribution >= 4 is 11.9 Å². The number of unbranched alkanes of at least 4 members (excludes halogenated alkanes) is 13. The molecule has 0 aliphatic rings. The van der Waals surface area contributed by atoms with Gasteiger partial charge in [-0.2, -0.15) is 0 Å². The number of hydrogen-bond donors (Lipinski definition) is 1. The smallest absolute Gasteiger partial charge is 0.306 e. The van der Waals surface area contributed by atoms with Gasteiger partial charge in [-0.1, -0.05) is 242 Å². The highest BCUT2D eigenvalue weighted by Gasteiger charge is 2.16. The van der Waals surface area contributed by atoms with Crippen molar-refractivity contribution in [2.45, 2.75) is 213 Å². The molecule has 0 heterocycles. The van der Waals surface area contributed by atoms with Gasteiger partial charge in [0.05, 0.1) is 6.61 Å². The third kappa shape index (κ3) is 54.1. The Kier molecular flexibility index (Phi) is 53.1. The fraction of sp³-hybridized carbons (Fsp3) is 0.556. The van der Waals surface area contributed by atoms with Gasteiger partial charge in [0.1, 0.15) is 6.61 Å². The fourth-order valence-electron chi connectivity index (χ4n) is 6.85. The molecule has 0 aromatic rings. The summed E-state index contributed by atoms with van der Waals surface area (Å²) < 4.78 is 10.6. The third-order valence-electron chi connectivity index (χ3n) is 10.8. The van der Waals surface area contributed by atoms with E-state index in [2.05, 4.69) is 160 Å². The van der Waals surface area contributed by atoms with Crippen LogP contribution in [0.3, 0.4) is 0 Å². The van der Waals surface area contributed by atoms with E-state index in [9.17, 15) is 14.7 Å². The normalized spacial score (nSPS) is 13.5. The summed E-state index contributed by atoms with van der Waals surface area (Å²) in [5.41, 5.74) is 0. The van der Waals surface area contributed by atoms with Crippen LogP contribution in [-0.4, -0.2) is 36.4 Å². The predicted octanol–water partition coefficient (Wildman–Crippen LogP) is 18.4. The van der Waals surface area contributed by atoms with Gasteiger partial charge in [0.2, 0.25) is 0 Å². The monoisotopic (exact) mass is 935 g/mol. The summed E-state index contributed by atoms with van der Waals surface area (Å²) in [6.45, 7) is 3.83. The first-order valence-corrected chi connectivity index (χ1v) is 27.0. The summed E-state index contributed by atoms with van der Waals surface area (Å²) in [6.07, 6.45) is 87.9. The van der Waals surface area contributed by atoms with Gasteiger partial charge in [0.25, 0.3) is 0 Å². The van der Waals surface area contributed by atoms with Crippen LogP contribution in [0, 0.1) is 0 Å². The number of carbonyl (C=O) groups is 2. The van der Waals surface area contributed by atoms with Gasteiger partial charge >= 0.3 is 11.9 Å². The molecular weight excluding hydrogens is 837 g/mol. The first kappa shape index (κ1) is 63.5. The molecular formula is C63H98O5. The number of hydrogen-bond acceptors (Lipinski definition) is 5. The van der Waals surface area contributed by atoms with E-state index in [-0.39, 0.29) is 31.6 Å². The van der Waals surface area contributed by atoms with Crippen LogP contribution in [-0.2, 0) is 19.1 Å². The van der Waals surface area contributed by atoms with E-state index in [1.165, 1.54) is 70.6 Å². The zero-order chi connectivity index (χ0) is 49.2. The highest BCUT2D eigenvalue weighted by atomic mass is 16.6. The maximum absolute atomic E-state index is 12.3. The Labute approximate surface area is 418 Å². The van der Waals surface area contributed by atoms with Gasteiger partial charge < -0.3 is 14.6 Å². The molecule has 0 spiro atoms. The van der Waals surface area contributed by atoms with Crippen LogP contribution in [0.1, 0.15) is 206 Å². The summed E-state index contributed by atoms with van der Waals surface area (Å²) >= 11 is 0. The lowest BCUT2D eigenvalue weighted by molar-refractivity contribution is -0.161. The Bertz CT molecular complexity index is 1520. The second-order valence-electron chi connectivity index (χ2n) is 17.2. The maximum atomic E-state index is 12.3. The minimum atomic E-state index is -0.815. The van der Waals surface area contributed by atoms with Crippen LogP contribution in [0.2, 0.25) is 0 Å². The molecule has 0 aromatic heterocycles. The van der Waals surface area contributed by atoms with Gasteiger partial charge in [0.15, 0.2) is 6.10 Å². The molecule has 0 saturated heterocycles. The van der Waals surface area contributed by atoms with E-state index in [0.29, 0.717) is 12.8 Å². The van der Waals surface area contributed by atoms with Crippen LogP contribution < -0.4 is 0 Å². The Morgan fingerprint density at radius 1 is 0.338 bits per heavy atom. The first-order valence-electron chi connectivity index (χ1n) is 27.0. The van der Waals surface area contributed by atoms with Gasteiger partial charge in [-0.3, -0.25) is 9.59 Å². The number of allylic oxidation sites excluding steroid dienone is 26. The summed E-state index contributed by atoms with van der Waals surface area (Å²) in [5.74, 6) is -0.700. The molecule has 68 heavy (non-hydrogen) atoms. The minimum Gasteiger partial charge on any atom is -0.462 e. The number of carbonyl (C=O) groups excluding carboxylic acids is 2. The van der Waals surface area contributed by atoms with E-state index in [1.54, 1.807) is 0 Å². The SMILES string of the molecule is CC/C=C\C/C=C\C/C=C\C/C=C\C/C=C\C/C=C\C/C=C\CCCCCCCCCCCCCCCC(=O)OC(CO)COC(=O)CC/C=C\C/C=C\C/C=C\C/C=C\C/C=C\C/C=C\CC. The second-order valence-corrected chi connectivity index (χ2v) is 17.2. The molecule has 0 fully saturated rings. The summed E-state index contributed by atoms with van der Waals surface area (Å²) in [6, 6.07) is 0. The molecule has 5 nitrogen and oxygen atoms in total. The lowest BCUT2D eigenvalue weighted by Crippen LogP contribution is -2.28. The largest absolute Gasteiger partial charge is 0.462 e. The quantitative estimate of drug-likeness (QED) is 0.0374. The molecule has 5 heteroatoms. The van der Waals surface area contributed by atoms with Gasteiger partial charge in [-0.25, -0.2) is 0 Å². The van der Waals surface area contributed by atoms with Gasteiger partial charge in [-0.15, -0.1) is 0 Å². The highest BCUT2D eigenvalue weighted by molar-refractivity contribution is 5.70. The van der Waals surface area contributed by atoms with Crippen molar-refractivity contribution in [2.75, 3.05) is 13.2 Å². The van der Waals surface area contributed by atoms with Crippen molar-refractivity contribution in [1.29, 1.82) is 0 Å². The van der Waals surface area contributed by atoms with E-state index in [0.717, 1.165) is 103 Å². The predicted molar refractivity (Wildman–Crippen MR) is 297 cm³/mol. The summed E-state index contributed by atoms with van der Waals surface area (Å²) in [5, 5.41) is 9.63. The Morgan fingerprint density at radius 2 is 0.618 bits per heavy atom. The van der Waals surface area contributed by atoms with Crippen LogP contribution in [0.15, 0.2) is 158 Å². The number of esters is 2. The second kappa shape index (κ2) is 56.8. The van der Waals surface area contributed by atoms with Gasteiger partial charge in [0, 0.05) is 12.8 Å². The van der Waals surface area contributed by atoms with E-state index < -0.39 is 6.10 Å². The Hall–Kier alpha value is -4.48. The van der Waals surface area contributed by atoms with Crippen molar-refractivity contribution in [1.82, 2.24) is 0 Å². The summed E-state index contributed by atoms with van der Waals surface area (Å²) in [7, 11) is 0. The fourth-order valence-corrected chi connectivity index (χ4v) is 6.85. The average molecular weight is 935 g/mol. The van der Waals surface area contributed by atoms with Crippen molar-refractivity contribution in [3.05, 3.63) is 158 Å². The lowest BCUT2D eigenvalue weighted by atomic mass is 10.0. The van der Waals surface area contributed by atoms with Crippen LogP contribution in [0.4, 0.5) is 0 Å².